The van der Waals surface area contributed by atoms with Gasteiger partial charge in [0.05, 0.1) is 15.0 Å². The number of sulfonamides is 1. The molecule has 0 radical (unpaired) electrons. The predicted molar refractivity (Wildman–Crippen MR) is 83.9 cm³/mol. The molecule has 2 N–H and O–H groups in total. The van der Waals surface area contributed by atoms with Crippen molar-refractivity contribution >= 4 is 64.9 Å². The van der Waals surface area contributed by atoms with Crippen LogP contribution in [0.1, 0.15) is 10.4 Å². The third kappa shape index (κ3) is 3.40. The van der Waals surface area contributed by atoms with Crippen LogP contribution in [0.4, 0.5) is 5.69 Å². The molecular weight excluding hydrogens is 434 g/mol. The Bertz CT molecular complexity index is 770. The quantitative estimate of drug-likeness (QED) is 0.757. The van der Waals surface area contributed by atoms with Crippen LogP contribution in [0, 0.1) is 0 Å². The lowest BCUT2D eigenvalue weighted by Gasteiger charge is -2.08. The third-order valence-electron chi connectivity index (χ3n) is 2.27. The van der Waals surface area contributed by atoms with Crippen LogP contribution >= 0.6 is 43.2 Å². The van der Waals surface area contributed by atoms with Gasteiger partial charge in [0, 0.05) is 4.47 Å². The molecule has 0 aliphatic heterocycles. The molecule has 0 fully saturated rings. The van der Waals surface area contributed by atoms with Crippen LogP contribution in [0.25, 0.3) is 0 Å². The van der Waals surface area contributed by atoms with E-state index in [9.17, 15) is 13.2 Å². The zero-order valence-electron chi connectivity index (χ0n) is 9.63. The van der Waals surface area contributed by atoms with Gasteiger partial charge in [0.1, 0.15) is 4.21 Å². The van der Waals surface area contributed by atoms with E-state index < -0.39 is 16.0 Å². The Hall–Kier alpha value is -0.900. The Labute approximate surface area is 135 Å². The number of carbonyl (C=O) groups is 1. The summed E-state index contributed by atoms with van der Waals surface area (Å²) in [5, 5.41) is 8.85. The maximum Gasteiger partial charge on any atom is 0.335 e. The fourth-order valence-electron chi connectivity index (χ4n) is 1.37. The first-order valence-corrected chi connectivity index (χ1v) is 8.99. The second-order valence-electron chi connectivity index (χ2n) is 3.66. The summed E-state index contributed by atoms with van der Waals surface area (Å²) in [5.74, 6) is -1.08. The molecule has 106 valence electrons. The van der Waals surface area contributed by atoms with Crippen molar-refractivity contribution in [2.24, 2.45) is 0 Å². The molecular formula is C11H7Br2NO4S2. The molecule has 20 heavy (non-hydrogen) atoms. The van der Waals surface area contributed by atoms with Gasteiger partial charge in [-0.05, 0) is 62.2 Å². The lowest BCUT2D eigenvalue weighted by molar-refractivity contribution is 0.0697. The van der Waals surface area contributed by atoms with Crippen molar-refractivity contribution in [3.8, 4) is 0 Å². The van der Waals surface area contributed by atoms with Crippen molar-refractivity contribution in [1.29, 1.82) is 0 Å². The standard InChI is InChI=1S/C11H7Br2NO4S2/c12-7-5-6(11(15)16)1-2-8(7)14-20(17,18)10-4-3-9(13)19-10/h1-5,14H,(H,15,16). The summed E-state index contributed by atoms with van der Waals surface area (Å²) in [6.07, 6.45) is 0. The van der Waals surface area contributed by atoms with E-state index in [1.165, 1.54) is 24.3 Å². The summed E-state index contributed by atoms with van der Waals surface area (Å²) in [4.78, 5) is 10.8. The smallest absolute Gasteiger partial charge is 0.335 e. The topological polar surface area (TPSA) is 83.5 Å². The van der Waals surface area contributed by atoms with E-state index in [0.717, 1.165) is 11.3 Å². The van der Waals surface area contributed by atoms with Crippen molar-refractivity contribution < 1.29 is 18.3 Å². The number of hydrogen-bond donors (Lipinski definition) is 2. The highest BCUT2D eigenvalue weighted by Crippen LogP contribution is 2.30. The first-order chi connectivity index (χ1) is 9.29. The van der Waals surface area contributed by atoms with Crippen LogP contribution < -0.4 is 4.72 Å². The number of halogens is 2. The van der Waals surface area contributed by atoms with Crippen LogP contribution in [0.2, 0.25) is 0 Å². The monoisotopic (exact) mass is 439 g/mol. The van der Waals surface area contributed by atoms with Gasteiger partial charge in [-0.3, -0.25) is 4.72 Å². The number of thiophene rings is 1. The van der Waals surface area contributed by atoms with Crippen molar-refractivity contribution in [3.63, 3.8) is 0 Å². The van der Waals surface area contributed by atoms with E-state index in [-0.39, 0.29) is 15.5 Å². The molecule has 1 aromatic carbocycles. The first kappa shape index (κ1) is 15.5. The molecule has 0 amide bonds. The Balaban J connectivity index is 2.32. The summed E-state index contributed by atoms with van der Waals surface area (Å²) in [6, 6.07) is 7.19. The summed E-state index contributed by atoms with van der Waals surface area (Å²) < 4.78 is 27.9. The zero-order valence-corrected chi connectivity index (χ0v) is 14.4. The highest BCUT2D eigenvalue weighted by molar-refractivity contribution is 9.11. The Morgan fingerprint density at radius 2 is 1.90 bits per heavy atom. The second kappa shape index (κ2) is 5.84. The number of nitrogens with one attached hydrogen (secondary N) is 1. The molecule has 2 aromatic rings. The molecule has 0 aliphatic carbocycles. The normalized spacial score (nSPS) is 11.3. The summed E-state index contributed by atoms with van der Waals surface area (Å²) in [7, 11) is -3.69. The van der Waals surface area contributed by atoms with Crippen molar-refractivity contribution in [1.82, 2.24) is 0 Å². The number of carboxylic acids is 1. The highest BCUT2D eigenvalue weighted by atomic mass is 79.9. The van der Waals surface area contributed by atoms with Crippen LogP contribution in [-0.2, 0) is 10.0 Å². The molecule has 2 rings (SSSR count). The van der Waals surface area contributed by atoms with Crippen LogP contribution in [-0.4, -0.2) is 19.5 Å². The summed E-state index contributed by atoms with van der Waals surface area (Å²) in [6.45, 7) is 0. The molecule has 0 unspecified atom stereocenters. The SMILES string of the molecule is O=C(O)c1ccc(NS(=O)(=O)c2ccc(Br)s2)c(Br)c1. The van der Waals surface area contributed by atoms with Crippen LogP contribution in [0.3, 0.4) is 0 Å². The number of anilines is 1. The minimum absolute atomic E-state index is 0.0682. The average Bonchev–Trinajstić information content (AvgIpc) is 2.79. The maximum absolute atomic E-state index is 12.1. The van der Waals surface area contributed by atoms with E-state index in [1.54, 1.807) is 6.07 Å². The zero-order chi connectivity index (χ0) is 14.9. The molecule has 0 aliphatic rings. The second-order valence-corrected chi connectivity index (χ2v) is 8.89. The number of hydrogen-bond acceptors (Lipinski definition) is 4. The molecule has 0 spiro atoms. The molecule has 1 heterocycles. The largest absolute Gasteiger partial charge is 0.478 e. The third-order valence-corrected chi connectivity index (χ3v) is 6.41. The molecule has 1 aromatic heterocycles. The van der Waals surface area contributed by atoms with Gasteiger partial charge in [-0.25, -0.2) is 13.2 Å². The molecule has 9 heteroatoms. The number of carboxylic acid groups (broad SMARTS) is 1. The minimum atomic E-state index is -3.69. The van der Waals surface area contributed by atoms with Gasteiger partial charge in [0.2, 0.25) is 0 Å². The number of benzene rings is 1. The van der Waals surface area contributed by atoms with Gasteiger partial charge in [0.15, 0.2) is 0 Å². The molecule has 0 saturated carbocycles. The molecule has 0 bridgehead atoms. The van der Waals surface area contributed by atoms with E-state index in [2.05, 4.69) is 36.6 Å². The van der Waals surface area contributed by atoms with E-state index in [4.69, 9.17) is 5.11 Å². The van der Waals surface area contributed by atoms with Crippen molar-refractivity contribution in [2.75, 3.05) is 4.72 Å². The molecule has 0 saturated heterocycles. The highest BCUT2D eigenvalue weighted by Gasteiger charge is 2.18. The predicted octanol–water partition coefficient (Wildman–Crippen LogP) is 3.77. The molecule has 5 nitrogen and oxygen atoms in total. The fraction of sp³-hybridized carbons (Fsp3) is 0. The lowest BCUT2D eigenvalue weighted by atomic mass is 10.2. The van der Waals surface area contributed by atoms with E-state index in [1.807, 2.05) is 0 Å². The summed E-state index contributed by atoms with van der Waals surface area (Å²) >= 11 is 7.44. The maximum atomic E-state index is 12.1. The van der Waals surface area contributed by atoms with Gasteiger partial charge >= 0.3 is 5.97 Å². The number of aromatic carboxylic acids is 1. The Kier molecular flexibility index (Phi) is 4.52. The van der Waals surface area contributed by atoms with E-state index >= 15 is 0 Å². The van der Waals surface area contributed by atoms with Crippen molar-refractivity contribution in [2.45, 2.75) is 4.21 Å². The minimum Gasteiger partial charge on any atom is -0.478 e. The fourth-order valence-corrected chi connectivity index (χ4v) is 5.07. The lowest BCUT2D eigenvalue weighted by Crippen LogP contribution is -2.12. The Morgan fingerprint density at radius 1 is 1.20 bits per heavy atom. The average molecular weight is 441 g/mol. The van der Waals surface area contributed by atoms with Gasteiger partial charge in [-0.15, -0.1) is 11.3 Å². The van der Waals surface area contributed by atoms with Crippen LogP contribution in [0.15, 0.2) is 42.8 Å². The first-order valence-electron chi connectivity index (χ1n) is 5.10. The van der Waals surface area contributed by atoms with Gasteiger partial charge < -0.3 is 5.11 Å². The van der Waals surface area contributed by atoms with Gasteiger partial charge in [0.25, 0.3) is 10.0 Å². The van der Waals surface area contributed by atoms with Crippen LogP contribution in [0.5, 0.6) is 0 Å². The number of rotatable bonds is 4. The Morgan fingerprint density at radius 3 is 2.40 bits per heavy atom. The van der Waals surface area contributed by atoms with E-state index in [0.29, 0.717) is 8.26 Å². The van der Waals surface area contributed by atoms with Gasteiger partial charge in [-0.1, -0.05) is 0 Å². The molecule has 0 atom stereocenters. The van der Waals surface area contributed by atoms with Gasteiger partial charge in [-0.2, -0.15) is 0 Å². The summed E-state index contributed by atoms with van der Waals surface area (Å²) in [5.41, 5.74) is 0.346. The van der Waals surface area contributed by atoms with Crippen molar-refractivity contribution in [3.05, 3.63) is 44.2 Å².